The van der Waals surface area contributed by atoms with Crippen molar-refractivity contribution in [1.29, 1.82) is 0 Å². The highest BCUT2D eigenvalue weighted by atomic mass is 32.2. The van der Waals surface area contributed by atoms with E-state index in [2.05, 4.69) is 14.7 Å². The topological polar surface area (TPSA) is 92.2 Å². The molecule has 0 saturated heterocycles. The first kappa shape index (κ1) is 12.2. The van der Waals surface area contributed by atoms with E-state index >= 15 is 0 Å². The monoisotopic (exact) mass is 249 g/mol. The maximum Gasteiger partial charge on any atom is 0.214 e. The second-order valence-electron chi connectivity index (χ2n) is 2.57. The van der Waals surface area contributed by atoms with Crippen molar-refractivity contribution in [2.24, 2.45) is 0 Å². The normalized spacial score (nSPS) is 11.5. The predicted octanol–water partition coefficient (Wildman–Crippen LogP) is -0.177. The zero-order valence-electron chi connectivity index (χ0n) is 8.04. The summed E-state index contributed by atoms with van der Waals surface area (Å²) in [6, 6.07) is 1.36. The van der Waals surface area contributed by atoms with E-state index in [-0.39, 0.29) is 11.6 Å². The van der Waals surface area contributed by atoms with Gasteiger partial charge in [0.05, 0.1) is 5.75 Å². The van der Waals surface area contributed by atoms with Crippen LogP contribution >= 0.6 is 11.8 Å². The van der Waals surface area contributed by atoms with E-state index in [1.165, 1.54) is 31.1 Å². The number of sulfonamides is 1. The summed E-state index contributed by atoms with van der Waals surface area (Å²) in [6.45, 7) is 0. The van der Waals surface area contributed by atoms with Crippen LogP contribution in [0.25, 0.3) is 0 Å². The van der Waals surface area contributed by atoms with Crippen molar-refractivity contribution >= 4 is 21.8 Å². The largest absolute Gasteiger partial charge is 0.493 e. The number of nitrogens with zero attached hydrogens (tertiary/aromatic N) is 2. The third-order valence-corrected chi connectivity index (χ3v) is 4.00. The highest BCUT2D eigenvalue weighted by molar-refractivity contribution is 8.00. The van der Waals surface area contributed by atoms with Gasteiger partial charge in [-0.3, -0.25) is 0 Å². The lowest BCUT2D eigenvalue weighted by Gasteiger charge is -2.01. The number of aromatic hydroxyl groups is 1. The van der Waals surface area contributed by atoms with Crippen LogP contribution in [0, 0.1) is 0 Å². The molecule has 1 aromatic rings. The predicted molar refractivity (Wildman–Crippen MR) is 57.3 cm³/mol. The molecule has 15 heavy (non-hydrogen) atoms. The summed E-state index contributed by atoms with van der Waals surface area (Å²) in [5, 5.41) is 9.39. The Morgan fingerprint density at radius 2 is 2.33 bits per heavy atom. The molecule has 1 heterocycles. The Morgan fingerprint density at radius 3 is 2.93 bits per heavy atom. The summed E-state index contributed by atoms with van der Waals surface area (Å²) in [5.41, 5.74) is 0. The molecule has 0 radical (unpaired) electrons. The SMILES string of the molecule is CNS(=O)(=O)CCSc1nccc(O)n1. The first-order chi connectivity index (χ1) is 7.03. The van der Waals surface area contributed by atoms with Gasteiger partial charge in [-0.05, 0) is 7.05 Å². The Hall–Kier alpha value is -0.860. The van der Waals surface area contributed by atoms with Crippen LogP contribution in [0.15, 0.2) is 17.4 Å². The van der Waals surface area contributed by atoms with Crippen molar-refractivity contribution in [3.8, 4) is 5.88 Å². The number of aromatic nitrogens is 2. The van der Waals surface area contributed by atoms with Gasteiger partial charge in [-0.15, -0.1) is 0 Å². The van der Waals surface area contributed by atoms with Crippen molar-refractivity contribution in [2.75, 3.05) is 18.6 Å². The number of hydrogen-bond acceptors (Lipinski definition) is 6. The molecule has 6 nitrogen and oxygen atoms in total. The van der Waals surface area contributed by atoms with Gasteiger partial charge in [0, 0.05) is 18.0 Å². The second kappa shape index (κ2) is 5.29. The molecule has 0 unspecified atom stereocenters. The van der Waals surface area contributed by atoms with Gasteiger partial charge < -0.3 is 5.11 Å². The van der Waals surface area contributed by atoms with Crippen molar-refractivity contribution in [1.82, 2.24) is 14.7 Å². The van der Waals surface area contributed by atoms with Gasteiger partial charge in [0.1, 0.15) is 0 Å². The number of hydrogen-bond donors (Lipinski definition) is 2. The fourth-order valence-electron chi connectivity index (χ4n) is 0.746. The van der Waals surface area contributed by atoms with E-state index in [0.29, 0.717) is 10.9 Å². The van der Waals surface area contributed by atoms with Crippen LogP contribution in [0.2, 0.25) is 0 Å². The molecule has 0 aliphatic heterocycles. The molecular weight excluding hydrogens is 238 g/mol. The molecule has 0 saturated carbocycles. The molecular formula is C7H11N3O3S2. The Labute approximate surface area is 92.2 Å². The van der Waals surface area contributed by atoms with Crippen molar-refractivity contribution in [3.63, 3.8) is 0 Å². The molecule has 84 valence electrons. The van der Waals surface area contributed by atoms with Crippen LogP contribution in [0.1, 0.15) is 0 Å². The molecule has 8 heteroatoms. The summed E-state index contributed by atoms with van der Waals surface area (Å²) < 4.78 is 24.3. The van der Waals surface area contributed by atoms with Gasteiger partial charge in [0.2, 0.25) is 15.9 Å². The molecule has 0 aliphatic carbocycles. The molecule has 1 aromatic heterocycles. The average molecular weight is 249 g/mol. The highest BCUT2D eigenvalue weighted by Gasteiger charge is 2.07. The minimum Gasteiger partial charge on any atom is -0.493 e. The van der Waals surface area contributed by atoms with Gasteiger partial charge in [-0.1, -0.05) is 11.8 Å². The van der Waals surface area contributed by atoms with Crippen LogP contribution < -0.4 is 4.72 Å². The van der Waals surface area contributed by atoms with Crippen molar-refractivity contribution in [2.45, 2.75) is 5.16 Å². The number of nitrogens with one attached hydrogen (secondary N) is 1. The van der Waals surface area contributed by atoms with E-state index in [4.69, 9.17) is 5.11 Å². The smallest absolute Gasteiger partial charge is 0.214 e. The van der Waals surface area contributed by atoms with Gasteiger partial charge in [-0.25, -0.2) is 18.1 Å². The van der Waals surface area contributed by atoms with Crippen molar-refractivity contribution < 1.29 is 13.5 Å². The van der Waals surface area contributed by atoms with Gasteiger partial charge in [0.25, 0.3) is 0 Å². The average Bonchev–Trinajstić information content (AvgIpc) is 2.18. The summed E-state index contributed by atoms with van der Waals surface area (Å²) in [6.07, 6.45) is 1.41. The molecule has 0 aromatic carbocycles. The molecule has 0 atom stereocenters. The summed E-state index contributed by atoms with van der Waals surface area (Å²) >= 11 is 1.18. The molecule has 0 fully saturated rings. The lowest BCUT2D eigenvalue weighted by molar-refractivity contribution is 0.445. The Kier molecular flexibility index (Phi) is 4.30. The van der Waals surface area contributed by atoms with E-state index in [0.717, 1.165) is 0 Å². The van der Waals surface area contributed by atoms with Crippen LogP contribution in [-0.4, -0.2) is 42.0 Å². The molecule has 0 amide bonds. The standard InChI is InChI=1S/C7H11N3O3S2/c1-8-15(12,13)5-4-14-7-9-3-2-6(11)10-7/h2-3,8H,4-5H2,1H3,(H,9,10,11). The van der Waals surface area contributed by atoms with Crippen LogP contribution in [0.4, 0.5) is 0 Å². The maximum absolute atomic E-state index is 11.0. The van der Waals surface area contributed by atoms with Crippen LogP contribution in [0.3, 0.4) is 0 Å². The first-order valence-electron chi connectivity index (χ1n) is 4.09. The van der Waals surface area contributed by atoms with E-state index in [1.54, 1.807) is 0 Å². The summed E-state index contributed by atoms with van der Waals surface area (Å²) in [7, 11) is -1.82. The third-order valence-electron chi connectivity index (χ3n) is 1.51. The zero-order chi connectivity index (χ0) is 11.3. The minimum atomic E-state index is -3.19. The van der Waals surface area contributed by atoms with E-state index < -0.39 is 10.0 Å². The molecule has 0 bridgehead atoms. The quantitative estimate of drug-likeness (QED) is 0.555. The van der Waals surface area contributed by atoms with Gasteiger partial charge >= 0.3 is 0 Å². The van der Waals surface area contributed by atoms with E-state index in [9.17, 15) is 8.42 Å². The first-order valence-corrected chi connectivity index (χ1v) is 6.73. The molecule has 0 spiro atoms. The second-order valence-corrected chi connectivity index (χ2v) is 5.68. The third kappa shape index (κ3) is 4.45. The fourth-order valence-corrected chi connectivity index (χ4v) is 2.64. The molecule has 1 rings (SSSR count). The summed E-state index contributed by atoms with van der Waals surface area (Å²) in [5.74, 6) is 0.212. The lowest BCUT2D eigenvalue weighted by atomic mass is 10.6. The maximum atomic E-state index is 11.0. The number of thioether (sulfide) groups is 1. The van der Waals surface area contributed by atoms with E-state index in [1.807, 2.05) is 0 Å². The Balaban J connectivity index is 2.45. The Morgan fingerprint density at radius 1 is 1.60 bits per heavy atom. The number of rotatable bonds is 5. The van der Waals surface area contributed by atoms with Gasteiger partial charge in [0.15, 0.2) is 5.16 Å². The van der Waals surface area contributed by atoms with Crippen LogP contribution in [-0.2, 0) is 10.0 Å². The summed E-state index contributed by atoms with van der Waals surface area (Å²) in [4.78, 5) is 7.57. The molecule has 2 N–H and O–H groups in total. The molecule has 0 aliphatic rings. The Bertz CT molecular complexity index is 421. The van der Waals surface area contributed by atoms with Gasteiger partial charge in [-0.2, -0.15) is 4.98 Å². The minimum absolute atomic E-state index is 0.00676. The zero-order valence-corrected chi connectivity index (χ0v) is 9.68. The van der Waals surface area contributed by atoms with Crippen molar-refractivity contribution in [3.05, 3.63) is 12.3 Å². The highest BCUT2D eigenvalue weighted by Crippen LogP contribution is 2.14. The lowest BCUT2D eigenvalue weighted by Crippen LogP contribution is -2.23. The van der Waals surface area contributed by atoms with Crippen LogP contribution in [0.5, 0.6) is 5.88 Å². The fraction of sp³-hybridized carbons (Fsp3) is 0.429.